The topological polar surface area (TPSA) is 143 Å². The van der Waals surface area contributed by atoms with E-state index in [2.05, 4.69) is 20.7 Å². The summed E-state index contributed by atoms with van der Waals surface area (Å²) in [6, 6.07) is -2.18. The number of hydrogen-bond acceptors (Lipinski definition) is 6. The van der Waals surface area contributed by atoms with E-state index in [4.69, 9.17) is 0 Å². The fourth-order valence-electron chi connectivity index (χ4n) is 4.27. The first-order valence-electron chi connectivity index (χ1n) is 12.3. The van der Waals surface area contributed by atoms with Gasteiger partial charge in [-0.2, -0.15) is 8.78 Å². The number of nitrogens with one attached hydrogen (secondary N) is 4. The smallest absolute Gasteiger partial charge is 0.309 e. The lowest BCUT2D eigenvalue weighted by Crippen LogP contribution is -2.51. The molecule has 0 aromatic heterocycles. The first-order valence-corrected chi connectivity index (χ1v) is 12.3. The molecule has 0 spiro atoms. The summed E-state index contributed by atoms with van der Waals surface area (Å²) in [5.41, 5.74) is 0. The highest BCUT2D eigenvalue weighted by atomic mass is 19.3. The van der Waals surface area contributed by atoms with Gasteiger partial charge in [-0.25, -0.2) is 17.6 Å². The van der Waals surface area contributed by atoms with Crippen LogP contribution in [0.5, 0.6) is 5.75 Å². The molecule has 2 atom stereocenters. The molecule has 2 aliphatic rings. The number of Topliss-reactive ketones (excluding diaryl/α,β-unsaturated/α-hetero) is 1. The summed E-state index contributed by atoms with van der Waals surface area (Å²) in [5, 5.41) is 9.05. The number of carbonyl (C=O) groups excluding carboxylic acids is 5. The summed E-state index contributed by atoms with van der Waals surface area (Å²) >= 11 is 0. The average Bonchev–Trinajstić information content (AvgIpc) is 3.30. The lowest BCUT2D eigenvalue weighted by molar-refractivity contribution is -0.140. The van der Waals surface area contributed by atoms with E-state index in [1.54, 1.807) is 0 Å². The normalized spacial score (nSPS) is 19.4. The Morgan fingerprint density at radius 3 is 2.20 bits per heavy atom. The molecule has 1 aromatic carbocycles. The van der Waals surface area contributed by atoms with Gasteiger partial charge >= 0.3 is 11.8 Å². The van der Waals surface area contributed by atoms with Crippen molar-refractivity contribution in [1.29, 1.82) is 0 Å². The Morgan fingerprint density at radius 1 is 1.00 bits per heavy atom. The van der Waals surface area contributed by atoms with Crippen LogP contribution in [0.2, 0.25) is 0 Å². The third-order valence-corrected chi connectivity index (χ3v) is 6.51. The van der Waals surface area contributed by atoms with Crippen molar-refractivity contribution in [3.05, 3.63) is 29.3 Å². The summed E-state index contributed by atoms with van der Waals surface area (Å²) in [7, 11) is 0. The van der Waals surface area contributed by atoms with Crippen LogP contribution in [-0.2, 0) is 24.0 Å². The van der Waals surface area contributed by atoms with Crippen molar-refractivity contribution < 1.29 is 55.1 Å². The first kappa shape index (κ1) is 30.7. The maximum Gasteiger partial charge on any atom is 0.309 e. The van der Waals surface area contributed by atoms with Crippen molar-refractivity contribution in [2.75, 3.05) is 19.7 Å². The van der Waals surface area contributed by atoms with Crippen LogP contribution in [0, 0.1) is 29.2 Å². The first-order chi connectivity index (χ1) is 18.8. The van der Waals surface area contributed by atoms with Gasteiger partial charge in [-0.3, -0.25) is 24.0 Å². The number of amides is 4. The second kappa shape index (κ2) is 13.0. The van der Waals surface area contributed by atoms with Gasteiger partial charge in [-0.05, 0) is 25.7 Å². The van der Waals surface area contributed by atoms with Crippen molar-refractivity contribution in [3.8, 4) is 5.75 Å². The van der Waals surface area contributed by atoms with Gasteiger partial charge in [0.1, 0.15) is 6.61 Å². The van der Waals surface area contributed by atoms with E-state index in [0.717, 1.165) is 0 Å². The molecule has 2 fully saturated rings. The molecule has 1 aliphatic heterocycles. The summed E-state index contributed by atoms with van der Waals surface area (Å²) in [5.74, 6) is -17.2. The lowest BCUT2D eigenvalue weighted by Gasteiger charge is -2.28. The molecule has 1 saturated carbocycles. The number of hydrogen-bond donors (Lipinski definition) is 4. The van der Waals surface area contributed by atoms with E-state index >= 15 is 0 Å². The molecule has 3 rings (SSSR count). The summed E-state index contributed by atoms with van der Waals surface area (Å²) in [4.78, 5) is 61.2. The van der Waals surface area contributed by atoms with Crippen molar-refractivity contribution in [2.24, 2.45) is 5.92 Å². The standard InChI is InChI=1S/C24H26F6N4O6/c25-13-8-14(26)19(28)20(18(13)27)40-10-16(35)15(7-11-3-6-31-21(11)37)34-17(36)9-32-22(38)23(39)33-12-1-4-24(29,30)5-2-12/h8,11-12,15H,1-7,9-10H2,(H,31,37)(H,32,38)(H,33,39)(H,34,36). The van der Waals surface area contributed by atoms with Crippen LogP contribution in [0.3, 0.4) is 0 Å². The zero-order chi connectivity index (χ0) is 29.6. The Balaban J connectivity index is 1.57. The van der Waals surface area contributed by atoms with E-state index in [9.17, 15) is 50.3 Å². The van der Waals surface area contributed by atoms with Crippen molar-refractivity contribution in [1.82, 2.24) is 21.3 Å². The highest BCUT2D eigenvalue weighted by molar-refractivity contribution is 6.35. The average molecular weight is 580 g/mol. The zero-order valence-electron chi connectivity index (χ0n) is 20.9. The number of carbonyl (C=O) groups is 5. The van der Waals surface area contributed by atoms with E-state index in [0.29, 0.717) is 6.42 Å². The Morgan fingerprint density at radius 2 is 1.62 bits per heavy atom. The molecular formula is C24H26F6N4O6. The fourth-order valence-corrected chi connectivity index (χ4v) is 4.27. The van der Waals surface area contributed by atoms with E-state index in [-0.39, 0.29) is 31.9 Å². The molecule has 220 valence electrons. The van der Waals surface area contributed by atoms with Gasteiger partial charge in [0.15, 0.2) is 23.2 Å². The molecule has 40 heavy (non-hydrogen) atoms. The van der Waals surface area contributed by atoms with Gasteiger partial charge in [0.05, 0.1) is 12.6 Å². The van der Waals surface area contributed by atoms with Crippen molar-refractivity contribution in [3.63, 3.8) is 0 Å². The molecule has 10 nitrogen and oxygen atoms in total. The minimum Gasteiger partial charge on any atom is -0.479 e. The van der Waals surface area contributed by atoms with Crippen LogP contribution in [0.1, 0.15) is 38.5 Å². The van der Waals surface area contributed by atoms with Gasteiger partial charge in [0, 0.05) is 37.4 Å². The summed E-state index contributed by atoms with van der Waals surface area (Å²) < 4.78 is 85.7. The third-order valence-electron chi connectivity index (χ3n) is 6.51. The summed E-state index contributed by atoms with van der Waals surface area (Å²) in [6.45, 7) is -1.67. The van der Waals surface area contributed by atoms with Crippen LogP contribution < -0.4 is 26.0 Å². The molecule has 1 saturated heterocycles. The van der Waals surface area contributed by atoms with Crippen LogP contribution in [0.15, 0.2) is 6.07 Å². The van der Waals surface area contributed by atoms with Gasteiger partial charge in [0.25, 0.3) is 0 Å². The number of halogens is 6. The number of ether oxygens (including phenoxy) is 1. The zero-order valence-corrected chi connectivity index (χ0v) is 20.9. The molecule has 2 unspecified atom stereocenters. The maximum atomic E-state index is 13.9. The van der Waals surface area contributed by atoms with E-state index in [1.165, 1.54) is 0 Å². The number of alkyl halides is 2. The largest absolute Gasteiger partial charge is 0.479 e. The molecular weight excluding hydrogens is 554 g/mol. The van der Waals surface area contributed by atoms with E-state index in [1.807, 2.05) is 5.32 Å². The SMILES string of the molecule is O=C(CNC(=O)C(=O)NC1CCC(F)(F)CC1)NC(CC1CCNC1=O)C(=O)COc1c(F)c(F)cc(F)c1F. The highest BCUT2D eigenvalue weighted by Gasteiger charge is 2.36. The second-order valence-corrected chi connectivity index (χ2v) is 9.47. The number of ketones is 1. The van der Waals surface area contributed by atoms with Gasteiger partial charge < -0.3 is 26.0 Å². The van der Waals surface area contributed by atoms with Crippen LogP contribution in [0.4, 0.5) is 26.3 Å². The molecule has 1 heterocycles. The van der Waals surface area contributed by atoms with Crippen molar-refractivity contribution in [2.45, 2.75) is 56.5 Å². The highest BCUT2D eigenvalue weighted by Crippen LogP contribution is 2.33. The molecule has 0 radical (unpaired) electrons. The Hall–Kier alpha value is -3.85. The third kappa shape index (κ3) is 8.08. The fraction of sp³-hybridized carbons (Fsp3) is 0.542. The summed E-state index contributed by atoms with van der Waals surface area (Å²) in [6.07, 6.45) is -0.960. The lowest BCUT2D eigenvalue weighted by atomic mass is 9.92. The quantitative estimate of drug-likeness (QED) is 0.185. The van der Waals surface area contributed by atoms with Gasteiger partial charge in [0.2, 0.25) is 29.4 Å². The Labute approximate surface area is 223 Å². The van der Waals surface area contributed by atoms with E-state index < -0.39 is 108 Å². The number of benzene rings is 1. The monoisotopic (exact) mass is 580 g/mol. The van der Waals surface area contributed by atoms with Gasteiger partial charge in [-0.15, -0.1) is 0 Å². The van der Waals surface area contributed by atoms with Crippen molar-refractivity contribution >= 4 is 29.4 Å². The Bertz CT molecular complexity index is 1150. The molecule has 1 aromatic rings. The number of rotatable bonds is 10. The molecule has 1 aliphatic carbocycles. The minimum atomic E-state index is -2.84. The van der Waals surface area contributed by atoms with Gasteiger partial charge in [-0.1, -0.05) is 0 Å². The van der Waals surface area contributed by atoms with Crippen LogP contribution in [-0.4, -0.2) is 67.1 Å². The molecule has 4 N–H and O–H groups in total. The second-order valence-electron chi connectivity index (χ2n) is 9.47. The van der Waals surface area contributed by atoms with Crippen LogP contribution in [0.25, 0.3) is 0 Å². The molecule has 0 bridgehead atoms. The van der Waals surface area contributed by atoms with Crippen LogP contribution >= 0.6 is 0 Å². The maximum absolute atomic E-state index is 13.9. The minimum absolute atomic E-state index is 0.0385. The predicted octanol–water partition coefficient (Wildman–Crippen LogP) is 1.01. The molecule has 4 amide bonds. The predicted molar refractivity (Wildman–Crippen MR) is 123 cm³/mol. The Kier molecular flexibility index (Phi) is 9.98. The molecule has 16 heteroatoms.